The minimum Gasteiger partial charge on any atom is -0.489 e. The summed E-state index contributed by atoms with van der Waals surface area (Å²) in [5.41, 5.74) is 18.5. The summed E-state index contributed by atoms with van der Waals surface area (Å²) in [5, 5.41) is 28.9. The maximum absolute atomic E-state index is 14.5. The fraction of sp³-hybridized carbons (Fsp3) is 0.126. The topological polar surface area (TPSA) is 133 Å². The van der Waals surface area contributed by atoms with Crippen LogP contribution in [0.1, 0.15) is 103 Å². The van der Waals surface area contributed by atoms with Crippen molar-refractivity contribution in [2.45, 2.75) is 95.9 Å². The highest BCUT2D eigenvalue weighted by Crippen LogP contribution is 2.52. The fourth-order valence-corrected chi connectivity index (χ4v) is 16.1. The second-order valence-corrected chi connectivity index (χ2v) is 33.1. The number of hydrogen-bond acceptors (Lipinski definition) is 12. The summed E-state index contributed by atoms with van der Waals surface area (Å²) in [6.07, 6.45) is 4.67. The first-order chi connectivity index (χ1) is 64.0. The van der Waals surface area contributed by atoms with Gasteiger partial charge in [0.1, 0.15) is 122 Å². The Kier molecular flexibility index (Phi) is 27.3. The van der Waals surface area contributed by atoms with Gasteiger partial charge in [-0.05, 0) is 244 Å². The SMILES string of the molecule is C=Cc1ccc(COc2ccc(-c3ccc(COc4ccc(C(O)(c5ccc(OCc6ccc(-c7ccc(OCc8ccc(C=C)cc8)cc7)cc6)cc5)[C@H]5OC(C)(C)O[C@@H]5C(O)(c5ccc(OCc6ccc(-c7ccc(OCc8ccc(C=C)cc8)cc7)cc6)cc5)c5ccc(OCc6ccc(-c7ccc(OCc8ccc(C=C)cc8)cc7)cc6)cc5)cc4)cc3)cc2)cc1. The summed E-state index contributed by atoms with van der Waals surface area (Å²) < 4.78 is 64.9. The molecule has 0 bridgehead atoms. The lowest BCUT2D eigenvalue weighted by Crippen LogP contribution is -2.55. The van der Waals surface area contributed by atoms with Crippen LogP contribution in [0.15, 0.2) is 415 Å². The summed E-state index contributed by atoms with van der Waals surface area (Å²) >= 11 is 0. The van der Waals surface area contributed by atoms with Gasteiger partial charge in [0.2, 0.25) is 0 Å². The van der Waals surface area contributed by atoms with Gasteiger partial charge < -0.3 is 57.6 Å². The van der Waals surface area contributed by atoms with Crippen LogP contribution in [0.2, 0.25) is 0 Å². The Morgan fingerprint density at radius 2 is 0.344 bits per heavy atom. The van der Waals surface area contributed by atoms with Crippen molar-refractivity contribution in [3.63, 3.8) is 0 Å². The van der Waals surface area contributed by atoms with Crippen LogP contribution in [-0.4, -0.2) is 28.2 Å². The zero-order chi connectivity index (χ0) is 89.9. The van der Waals surface area contributed by atoms with Gasteiger partial charge in [0.25, 0.3) is 0 Å². The van der Waals surface area contributed by atoms with E-state index in [1.54, 1.807) is 13.8 Å². The van der Waals surface area contributed by atoms with Crippen LogP contribution in [0, 0.1) is 0 Å². The number of hydrogen-bond donors (Lipinski definition) is 2. The number of benzene rings is 16. The predicted molar refractivity (Wildman–Crippen MR) is 524 cm³/mol. The largest absolute Gasteiger partial charge is 0.489 e. The zero-order valence-corrected chi connectivity index (χ0v) is 73.4. The second kappa shape index (κ2) is 40.8. The molecule has 0 aliphatic carbocycles. The molecule has 2 N–H and O–H groups in total. The maximum atomic E-state index is 14.5. The van der Waals surface area contributed by atoms with Gasteiger partial charge >= 0.3 is 0 Å². The Balaban J connectivity index is 0.631. The molecule has 0 spiro atoms. The molecule has 0 amide bonds. The average Bonchev–Trinajstić information content (AvgIpc) is 1.60. The van der Waals surface area contributed by atoms with Gasteiger partial charge in [-0.25, -0.2) is 0 Å². The summed E-state index contributed by atoms with van der Waals surface area (Å²) in [6, 6.07) is 128. The summed E-state index contributed by atoms with van der Waals surface area (Å²) in [5.74, 6) is 4.01. The zero-order valence-electron chi connectivity index (χ0n) is 73.4. The quantitative estimate of drug-likeness (QED) is 0.0382. The van der Waals surface area contributed by atoms with E-state index in [1.807, 2.05) is 267 Å². The van der Waals surface area contributed by atoms with Crippen LogP contribution >= 0.6 is 0 Å². The van der Waals surface area contributed by atoms with Crippen LogP contribution in [0.3, 0.4) is 0 Å². The summed E-state index contributed by atoms with van der Waals surface area (Å²) in [6.45, 7) is 22.0. The van der Waals surface area contributed by atoms with Crippen LogP contribution in [-0.2, 0) is 73.5 Å². The average molecular weight is 1720 g/mol. The highest BCUT2D eigenvalue weighted by Gasteiger charge is 2.61. The summed E-state index contributed by atoms with van der Waals surface area (Å²) in [4.78, 5) is 0. The number of ether oxygens (including phenoxy) is 10. The highest BCUT2D eigenvalue weighted by atomic mass is 16.8. The molecule has 1 saturated heterocycles. The molecule has 12 heteroatoms. The maximum Gasteiger partial charge on any atom is 0.164 e. The third-order valence-corrected chi connectivity index (χ3v) is 23.8. The van der Waals surface area contributed by atoms with Gasteiger partial charge in [-0.1, -0.05) is 342 Å². The van der Waals surface area contributed by atoms with Gasteiger partial charge in [-0.3, -0.25) is 0 Å². The Bertz CT molecular complexity index is 5680. The normalized spacial score (nSPS) is 13.4. The fourth-order valence-electron chi connectivity index (χ4n) is 16.1. The molecule has 1 fully saturated rings. The van der Waals surface area contributed by atoms with Gasteiger partial charge in [0.05, 0.1) is 0 Å². The lowest BCUT2D eigenvalue weighted by molar-refractivity contribution is -0.172. The third kappa shape index (κ3) is 21.8. The van der Waals surface area contributed by atoms with E-state index in [0.29, 0.717) is 71.7 Å². The van der Waals surface area contributed by atoms with Crippen molar-refractivity contribution in [3.8, 4) is 90.5 Å². The van der Waals surface area contributed by atoms with Crippen molar-refractivity contribution in [3.05, 3.63) is 504 Å². The lowest BCUT2D eigenvalue weighted by atomic mass is 9.72. The number of rotatable bonds is 38. The standard InChI is InChI=1S/C119H102O12/c1-7-83-11-19-87(20-12-83)75-122-107-59-43-99(44-60-107)95-35-27-91(28-36-95)79-126-111-67-51-103(52-68-111)118(120,104-53-69-112(70-54-104)127-80-92-29-37-96(38-30-92)100-45-61-108(62-46-100)123-76-88-21-13-84(8-2)14-22-88)115-116(131-117(5,6)130-115)119(121,105-55-71-113(72-56-105)128-81-93-31-39-97(40-32-93)101-47-63-109(64-48-101)124-77-89-23-15-85(9-3)16-24-89)106-57-73-114(74-58-106)129-82-94-33-41-98(42-34-94)102-49-65-110(66-50-102)125-78-90-25-17-86(10-4)18-26-90/h7-74,115-116,120-121H,1-4,75-82H2,5-6H3/t115-,116-/m0/s1. The molecule has 2 atom stereocenters. The molecule has 1 aliphatic heterocycles. The third-order valence-electron chi connectivity index (χ3n) is 23.8. The first-order valence-electron chi connectivity index (χ1n) is 43.9. The van der Waals surface area contributed by atoms with E-state index in [2.05, 4.69) is 172 Å². The van der Waals surface area contributed by atoms with E-state index in [-0.39, 0.29) is 26.4 Å². The van der Waals surface area contributed by atoms with E-state index in [1.165, 1.54) is 0 Å². The summed E-state index contributed by atoms with van der Waals surface area (Å²) in [7, 11) is 0. The predicted octanol–water partition coefficient (Wildman–Crippen LogP) is 27.3. The van der Waals surface area contributed by atoms with E-state index in [9.17, 15) is 10.2 Å². The van der Waals surface area contributed by atoms with E-state index in [0.717, 1.165) is 134 Å². The molecule has 0 radical (unpaired) electrons. The Labute approximate surface area is 767 Å². The van der Waals surface area contributed by atoms with Crippen molar-refractivity contribution < 1.29 is 57.6 Å². The van der Waals surface area contributed by atoms with E-state index in [4.69, 9.17) is 47.4 Å². The van der Waals surface area contributed by atoms with Crippen molar-refractivity contribution in [2.75, 3.05) is 0 Å². The van der Waals surface area contributed by atoms with Crippen molar-refractivity contribution in [1.29, 1.82) is 0 Å². The molecule has 0 aromatic heterocycles. The molecule has 17 rings (SSSR count). The second-order valence-electron chi connectivity index (χ2n) is 33.1. The van der Waals surface area contributed by atoms with Crippen LogP contribution < -0.4 is 37.9 Å². The molecular weight excluding hydrogens is 1620 g/mol. The molecule has 0 unspecified atom stereocenters. The number of aliphatic hydroxyl groups is 2. The first kappa shape index (κ1) is 87.8. The van der Waals surface area contributed by atoms with Gasteiger partial charge in [0, 0.05) is 0 Å². The smallest absolute Gasteiger partial charge is 0.164 e. The molecule has 16 aromatic carbocycles. The van der Waals surface area contributed by atoms with Crippen LogP contribution in [0.4, 0.5) is 0 Å². The minimum atomic E-state index is -2.05. The van der Waals surface area contributed by atoms with Crippen LogP contribution in [0.5, 0.6) is 46.0 Å². The Morgan fingerprint density at radius 3 is 0.489 bits per heavy atom. The molecule has 12 nitrogen and oxygen atoms in total. The van der Waals surface area contributed by atoms with Gasteiger partial charge in [-0.15, -0.1) is 0 Å². The highest BCUT2D eigenvalue weighted by molar-refractivity contribution is 5.68. The van der Waals surface area contributed by atoms with Gasteiger partial charge in [0.15, 0.2) is 5.79 Å². The van der Waals surface area contributed by atoms with Crippen LogP contribution in [0.25, 0.3) is 68.8 Å². The molecule has 1 aliphatic rings. The molecule has 131 heavy (non-hydrogen) atoms. The van der Waals surface area contributed by atoms with E-state index < -0.39 is 29.2 Å². The molecule has 16 aromatic rings. The molecule has 0 saturated carbocycles. The molecule has 650 valence electrons. The van der Waals surface area contributed by atoms with Crippen molar-refractivity contribution >= 4 is 24.3 Å². The first-order valence-corrected chi connectivity index (χ1v) is 43.9. The Morgan fingerprint density at radius 1 is 0.214 bits per heavy atom. The minimum absolute atomic E-state index is 0.271. The molecular formula is C119H102O12. The van der Waals surface area contributed by atoms with Crippen molar-refractivity contribution in [2.24, 2.45) is 0 Å². The van der Waals surface area contributed by atoms with E-state index >= 15 is 0 Å². The molecule has 1 heterocycles. The lowest BCUT2D eigenvalue weighted by Gasteiger charge is -2.42. The van der Waals surface area contributed by atoms with Crippen molar-refractivity contribution in [1.82, 2.24) is 0 Å². The van der Waals surface area contributed by atoms with Gasteiger partial charge in [-0.2, -0.15) is 0 Å². The monoisotopic (exact) mass is 1720 g/mol. The Hall–Kier alpha value is -15.3.